The molecule has 162 valence electrons. The second-order valence-electron chi connectivity index (χ2n) is 8.29. The van der Waals surface area contributed by atoms with E-state index >= 15 is 0 Å². The minimum atomic E-state index is -0.242. The first-order chi connectivity index (χ1) is 14.2. The third-order valence-electron chi connectivity index (χ3n) is 6.55. The minimum absolute atomic E-state index is 0.00292. The Hall–Kier alpha value is -1.63. The van der Waals surface area contributed by atoms with Crippen LogP contribution in [0.25, 0.3) is 0 Å². The predicted molar refractivity (Wildman–Crippen MR) is 110 cm³/mol. The van der Waals surface area contributed by atoms with Crippen molar-refractivity contribution in [1.29, 1.82) is 0 Å². The van der Waals surface area contributed by atoms with E-state index < -0.39 is 0 Å². The molecule has 0 aromatic heterocycles. The molecule has 0 radical (unpaired) electrons. The van der Waals surface area contributed by atoms with E-state index in [1.54, 1.807) is 7.11 Å². The molecule has 1 saturated carbocycles. The Morgan fingerprint density at radius 3 is 2.79 bits per heavy atom. The largest absolute Gasteiger partial charge is 0.445 e. The Kier molecular flexibility index (Phi) is 8.33. The first-order valence-electron chi connectivity index (χ1n) is 10.9. The van der Waals surface area contributed by atoms with Gasteiger partial charge in [-0.2, -0.15) is 0 Å². The molecule has 1 aliphatic carbocycles. The Morgan fingerprint density at radius 2 is 2.03 bits per heavy atom. The summed E-state index contributed by atoms with van der Waals surface area (Å²) in [4.78, 5) is 15.3. The topological polar surface area (TPSA) is 68.2 Å². The highest BCUT2D eigenvalue weighted by Gasteiger charge is 2.54. The van der Waals surface area contributed by atoms with Gasteiger partial charge in [0, 0.05) is 19.3 Å². The number of rotatable bonds is 9. The number of ether oxygens (including phenoxy) is 3. The summed E-state index contributed by atoms with van der Waals surface area (Å²) in [5.41, 5.74) is 0.809. The molecule has 3 atom stereocenters. The Balaban J connectivity index is 1.77. The van der Waals surface area contributed by atoms with Crippen molar-refractivity contribution in [3.05, 3.63) is 35.9 Å². The van der Waals surface area contributed by atoms with E-state index in [2.05, 4.69) is 0 Å². The number of carbonyl (C=O) groups excluding carboxylic acids is 1. The highest BCUT2D eigenvalue weighted by atomic mass is 16.7. The molecule has 1 spiro atoms. The minimum Gasteiger partial charge on any atom is -0.445 e. The molecule has 2 aliphatic rings. The van der Waals surface area contributed by atoms with Crippen molar-refractivity contribution < 1.29 is 24.1 Å². The molecule has 1 heterocycles. The number of likely N-dealkylation sites (tertiary alicyclic amines) is 1. The lowest BCUT2D eigenvalue weighted by Crippen LogP contribution is -2.57. The molecule has 1 aliphatic heterocycles. The third kappa shape index (κ3) is 5.30. The maximum absolute atomic E-state index is 13.3. The van der Waals surface area contributed by atoms with Gasteiger partial charge in [0.25, 0.3) is 0 Å². The van der Waals surface area contributed by atoms with Crippen LogP contribution >= 0.6 is 0 Å². The molecule has 6 heteroatoms. The molecule has 1 N–H and O–H groups in total. The van der Waals surface area contributed by atoms with Gasteiger partial charge in [-0.25, -0.2) is 4.79 Å². The zero-order chi connectivity index (χ0) is 20.5. The average molecular weight is 406 g/mol. The number of amides is 1. The molecule has 0 unspecified atom stereocenters. The number of carbonyl (C=O) groups is 1. The maximum atomic E-state index is 13.3. The highest BCUT2D eigenvalue weighted by molar-refractivity contribution is 5.70. The number of aliphatic hydroxyl groups excluding tert-OH is 1. The molecule has 0 bridgehead atoms. The Bertz CT molecular complexity index is 625. The molecule has 3 rings (SSSR count). The van der Waals surface area contributed by atoms with Crippen molar-refractivity contribution in [2.45, 2.75) is 69.6 Å². The van der Waals surface area contributed by atoms with E-state index in [1.807, 2.05) is 35.2 Å². The van der Waals surface area contributed by atoms with E-state index in [9.17, 15) is 9.90 Å². The summed E-state index contributed by atoms with van der Waals surface area (Å²) >= 11 is 0. The summed E-state index contributed by atoms with van der Waals surface area (Å²) in [5.74, 6) is 0.403. The fraction of sp³-hybridized carbons (Fsp3) is 0.696. The van der Waals surface area contributed by atoms with Gasteiger partial charge in [-0.15, -0.1) is 0 Å². The van der Waals surface area contributed by atoms with Crippen LogP contribution in [0, 0.1) is 5.92 Å². The average Bonchev–Trinajstić information content (AvgIpc) is 3.11. The SMILES string of the molecule is COCOC[C@@H]1CC[C@]2(CCCC[C@H]2CCCO)N1C(=O)OCc1ccccc1. The van der Waals surface area contributed by atoms with E-state index in [0.29, 0.717) is 12.5 Å². The summed E-state index contributed by atoms with van der Waals surface area (Å²) in [7, 11) is 1.61. The zero-order valence-corrected chi connectivity index (χ0v) is 17.6. The first-order valence-corrected chi connectivity index (χ1v) is 10.9. The van der Waals surface area contributed by atoms with Crippen LogP contribution in [-0.2, 0) is 20.8 Å². The quantitative estimate of drug-likeness (QED) is 0.495. The van der Waals surface area contributed by atoms with Gasteiger partial charge in [-0.05, 0) is 50.0 Å². The number of aliphatic hydroxyl groups is 1. The van der Waals surface area contributed by atoms with Crippen LogP contribution in [-0.4, -0.2) is 54.8 Å². The zero-order valence-electron chi connectivity index (χ0n) is 17.6. The molecule has 1 aromatic carbocycles. The van der Waals surface area contributed by atoms with E-state index in [0.717, 1.165) is 50.5 Å². The van der Waals surface area contributed by atoms with Crippen molar-refractivity contribution in [2.24, 2.45) is 5.92 Å². The van der Waals surface area contributed by atoms with Crippen LogP contribution in [0.1, 0.15) is 56.9 Å². The van der Waals surface area contributed by atoms with Gasteiger partial charge in [0.15, 0.2) is 0 Å². The van der Waals surface area contributed by atoms with Crippen molar-refractivity contribution >= 4 is 6.09 Å². The van der Waals surface area contributed by atoms with Gasteiger partial charge >= 0.3 is 6.09 Å². The summed E-state index contributed by atoms with van der Waals surface area (Å²) in [6, 6.07) is 9.80. The van der Waals surface area contributed by atoms with Crippen molar-refractivity contribution in [1.82, 2.24) is 4.90 Å². The number of hydrogen-bond acceptors (Lipinski definition) is 5. The van der Waals surface area contributed by atoms with Crippen LogP contribution in [0.4, 0.5) is 4.79 Å². The second-order valence-corrected chi connectivity index (χ2v) is 8.29. The summed E-state index contributed by atoms with van der Waals surface area (Å²) in [6.07, 6.45) is 7.81. The molecule has 1 aromatic rings. The molecular weight excluding hydrogens is 370 g/mol. The molecule has 6 nitrogen and oxygen atoms in total. The van der Waals surface area contributed by atoms with Gasteiger partial charge in [-0.1, -0.05) is 43.2 Å². The van der Waals surface area contributed by atoms with Crippen LogP contribution in [0.5, 0.6) is 0 Å². The first kappa shape index (κ1) is 22.1. The second kappa shape index (κ2) is 11.0. The summed E-state index contributed by atoms with van der Waals surface area (Å²) < 4.78 is 16.5. The lowest BCUT2D eigenvalue weighted by molar-refractivity contribution is -0.0625. The number of hydrogen-bond donors (Lipinski definition) is 1. The number of methoxy groups -OCH3 is 1. The van der Waals surface area contributed by atoms with E-state index in [-0.39, 0.29) is 37.7 Å². The van der Waals surface area contributed by atoms with Crippen LogP contribution in [0.2, 0.25) is 0 Å². The van der Waals surface area contributed by atoms with Gasteiger partial charge < -0.3 is 19.3 Å². The molecule has 1 saturated heterocycles. The van der Waals surface area contributed by atoms with E-state index in [1.165, 1.54) is 6.42 Å². The summed E-state index contributed by atoms with van der Waals surface area (Å²) in [6.45, 7) is 1.16. The normalized spacial score (nSPS) is 26.8. The van der Waals surface area contributed by atoms with Gasteiger partial charge in [-0.3, -0.25) is 4.90 Å². The lowest BCUT2D eigenvalue weighted by atomic mass is 9.69. The van der Waals surface area contributed by atoms with E-state index in [4.69, 9.17) is 14.2 Å². The van der Waals surface area contributed by atoms with Crippen LogP contribution in [0.15, 0.2) is 30.3 Å². The van der Waals surface area contributed by atoms with Crippen LogP contribution < -0.4 is 0 Å². The highest BCUT2D eigenvalue weighted by Crippen LogP contribution is 2.49. The monoisotopic (exact) mass is 405 g/mol. The Labute approximate surface area is 174 Å². The standard InChI is InChI=1S/C23H35NO5/c1-27-18-28-17-21-12-14-23(13-6-5-10-20(23)11-7-15-25)24(21)22(26)29-16-19-8-3-2-4-9-19/h2-4,8-9,20-21,25H,5-7,10-18H2,1H3/t20-,21-,23-/m0/s1. The predicted octanol–water partition coefficient (Wildman–Crippen LogP) is 4.11. The fourth-order valence-corrected chi connectivity index (χ4v) is 5.27. The third-order valence-corrected chi connectivity index (χ3v) is 6.55. The van der Waals surface area contributed by atoms with Crippen molar-refractivity contribution in [2.75, 3.05) is 27.1 Å². The number of benzene rings is 1. The number of nitrogens with zero attached hydrogens (tertiary/aromatic N) is 1. The molecule has 29 heavy (non-hydrogen) atoms. The van der Waals surface area contributed by atoms with Crippen molar-refractivity contribution in [3.63, 3.8) is 0 Å². The van der Waals surface area contributed by atoms with Crippen molar-refractivity contribution in [3.8, 4) is 0 Å². The fourth-order valence-electron chi connectivity index (χ4n) is 5.27. The van der Waals surface area contributed by atoms with Crippen LogP contribution in [0.3, 0.4) is 0 Å². The maximum Gasteiger partial charge on any atom is 0.410 e. The van der Waals surface area contributed by atoms with Gasteiger partial charge in [0.1, 0.15) is 13.4 Å². The molecular formula is C23H35NO5. The molecule has 1 amide bonds. The van der Waals surface area contributed by atoms with Gasteiger partial charge in [0.2, 0.25) is 0 Å². The molecule has 2 fully saturated rings. The Morgan fingerprint density at radius 1 is 1.21 bits per heavy atom. The van der Waals surface area contributed by atoms with Gasteiger partial charge in [0.05, 0.1) is 12.6 Å². The lowest BCUT2D eigenvalue weighted by Gasteiger charge is -2.48. The smallest absolute Gasteiger partial charge is 0.410 e. The summed E-state index contributed by atoms with van der Waals surface area (Å²) in [5, 5.41) is 9.37.